The van der Waals surface area contributed by atoms with Crippen molar-refractivity contribution in [3.8, 4) is 5.75 Å². The molecule has 0 bridgehead atoms. The molecule has 0 heterocycles. The lowest BCUT2D eigenvalue weighted by Crippen LogP contribution is -2.45. The Hall–Kier alpha value is -2.71. The predicted octanol–water partition coefficient (Wildman–Crippen LogP) is 3.46. The lowest BCUT2D eigenvalue weighted by Gasteiger charge is -2.23. The van der Waals surface area contributed by atoms with Crippen LogP contribution in [0.3, 0.4) is 0 Å². The second-order valence-electron chi connectivity index (χ2n) is 5.80. The van der Waals surface area contributed by atoms with Gasteiger partial charge in [0.1, 0.15) is 18.2 Å². The number of carbonyl (C=O) groups excluding carboxylic acids is 1. The molecule has 2 aromatic rings. The maximum absolute atomic E-state index is 13.1. The van der Waals surface area contributed by atoms with Crippen molar-refractivity contribution in [1.29, 1.82) is 0 Å². The molecule has 1 unspecified atom stereocenters. The third kappa shape index (κ3) is 4.47. The first-order chi connectivity index (χ1) is 12.1. The van der Waals surface area contributed by atoms with Gasteiger partial charge >= 0.3 is 0 Å². The minimum absolute atomic E-state index is 0.153. The van der Waals surface area contributed by atoms with Crippen molar-refractivity contribution in [1.82, 2.24) is 0 Å². The number of nitro benzene ring substituents is 1. The molecule has 7 nitrogen and oxygen atoms in total. The molecular weight excluding hydrogens is 367 g/mol. The van der Waals surface area contributed by atoms with Crippen LogP contribution in [-0.2, 0) is 4.79 Å². The molecule has 0 radical (unpaired) electrons. The first kappa shape index (κ1) is 19.6. The second-order valence-corrected chi connectivity index (χ2v) is 6.21. The molecule has 0 aliphatic rings. The summed E-state index contributed by atoms with van der Waals surface area (Å²) in [5, 5.41) is 23.6. The number of hydrogen-bond donors (Lipinski definition) is 2. The molecule has 1 amide bonds. The molecule has 2 aromatic carbocycles. The molecule has 2 N–H and O–H groups in total. The van der Waals surface area contributed by atoms with Crippen molar-refractivity contribution in [2.75, 3.05) is 11.9 Å². The van der Waals surface area contributed by atoms with E-state index in [1.165, 1.54) is 44.2 Å². The van der Waals surface area contributed by atoms with Crippen LogP contribution in [-0.4, -0.2) is 28.1 Å². The van der Waals surface area contributed by atoms with Crippen LogP contribution in [0.2, 0.25) is 5.02 Å². The van der Waals surface area contributed by atoms with Gasteiger partial charge in [0.2, 0.25) is 0 Å². The van der Waals surface area contributed by atoms with E-state index in [9.17, 15) is 24.4 Å². The van der Waals surface area contributed by atoms with Gasteiger partial charge in [-0.1, -0.05) is 17.7 Å². The summed E-state index contributed by atoms with van der Waals surface area (Å²) in [7, 11) is 0. The number of nitrogens with one attached hydrogen (secondary N) is 1. The fourth-order valence-corrected chi connectivity index (χ4v) is 2.24. The third-order valence-electron chi connectivity index (χ3n) is 3.65. The summed E-state index contributed by atoms with van der Waals surface area (Å²) in [6.45, 7) is 2.27. The van der Waals surface area contributed by atoms with Gasteiger partial charge in [-0.2, -0.15) is 0 Å². The Morgan fingerprint density at radius 2 is 2.12 bits per heavy atom. The quantitative estimate of drug-likeness (QED) is 0.588. The monoisotopic (exact) mass is 382 g/mol. The lowest BCUT2D eigenvalue weighted by molar-refractivity contribution is -0.385. The highest BCUT2D eigenvalue weighted by atomic mass is 35.5. The van der Waals surface area contributed by atoms with Crippen molar-refractivity contribution in [2.24, 2.45) is 0 Å². The number of rotatable bonds is 6. The van der Waals surface area contributed by atoms with E-state index in [1.54, 1.807) is 0 Å². The Bertz CT molecular complexity index is 857. The standard InChI is InChI=1S/C17H16ClFN2O5/c1-10-14(4-3-5-15(10)21(24)25)20-16(22)17(2,23)9-26-11-6-7-13(19)12(18)8-11/h3-8,23H,9H2,1-2H3,(H,20,22). The molecule has 1 atom stereocenters. The molecule has 0 fully saturated rings. The van der Waals surface area contributed by atoms with Gasteiger partial charge in [0.05, 0.1) is 21.2 Å². The van der Waals surface area contributed by atoms with E-state index < -0.39 is 28.9 Å². The van der Waals surface area contributed by atoms with Crippen molar-refractivity contribution in [3.63, 3.8) is 0 Å². The number of benzene rings is 2. The number of nitro groups is 1. The van der Waals surface area contributed by atoms with Crippen molar-refractivity contribution >= 4 is 28.9 Å². The fraction of sp³-hybridized carbons (Fsp3) is 0.235. The van der Waals surface area contributed by atoms with Crippen molar-refractivity contribution in [3.05, 3.63) is 62.9 Å². The van der Waals surface area contributed by atoms with E-state index in [0.29, 0.717) is 0 Å². The van der Waals surface area contributed by atoms with Crippen LogP contribution >= 0.6 is 11.6 Å². The van der Waals surface area contributed by atoms with E-state index in [-0.39, 0.29) is 27.7 Å². The highest BCUT2D eigenvalue weighted by Gasteiger charge is 2.32. The van der Waals surface area contributed by atoms with Crippen LogP contribution in [0.5, 0.6) is 5.75 Å². The Balaban J connectivity index is 2.09. The average molecular weight is 383 g/mol. The number of ether oxygens (including phenoxy) is 1. The molecule has 0 aliphatic heterocycles. The maximum Gasteiger partial charge on any atom is 0.274 e. The summed E-state index contributed by atoms with van der Waals surface area (Å²) in [4.78, 5) is 22.7. The highest BCUT2D eigenvalue weighted by Crippen LogP contribution is 2.26. The molecule has 0 aliphatic carbocycles. The molecule has 0 aromatic heterocycles. The number of halogens is 2. The van der Waals surface area contributed by atoms with E-state index in [0.717, 1.165) is 6.07 Å². The van der Waals surface area contributed by atoms with Gasteiger partial charge in [0.15, 0.2) is 5.60 Å². The number of amides is 1. The summed E-state index contributed by atoms with van der Waals surface area (Å²) < 4.78 is 18.4. The Morgan fingerprint density at radius 1 is 1.42 bits per heavy atom. The normalized spacial score (nSPS) is 13.0. The predicted molar refractivity (Wildman–Crippen MR) is 94.0 cm³/mol. The Kier molecular flexibility index (Phi) is 5.79. The molecule has 26 heavy (non-hydrogen) atoms. The largest absolute Gasteiger partial charge is 0.490 e. The topological polar surface area (TPSA) is 102 Å². The van der Waals surface area contributed by atoms with Crippen LogP contribution in [0.25, 0.3) is 0 Å². The zero-order valence-electron chi connectivity index (χ0n) is 14.0. The first-order valence-electron chi connectivity index (χ1n) is 7.47. The van der Waals surface area contributed by atoms with Gasteiger partial charge < -0.3 is 15.2 Å². The van der Waals surface area contributed by atoms with Gasteiger partial charge in [-0.05, 0) is 32.0 Å². The minimum Gasteiger partial charge on any atom is -0.490 e. The van der Waals surface area contributed by atoms with Crippen molar-refractivity contribution < 1.29 is 24.0 Å². The zero-order chi connectivity index (χ0) is 19.5. The van der Waals surface area contributed by atoms with Gasteiger partial charge in [0, 0.05) is 12.1 Å². The smallest absolute Gasteiger partial charge is 0.274 e. The molecule has 138 valence electrons. The second kappa shape index (κ2) is 7.67. The Morgan fingerprint density at radius 3 is 2.73 bits per heavy atom. The summed E-state index contributed by atoms with van der Waals surface area (Å²) in [6, 6.07) is 7.84. The maximum atomic E-state index is 13.1. The molecule has 0 saturated heterocycles. The number of aliphatic hydroxyl groups is 1. The lowest BCUT2D eigenvalue weighted by atomic mass is 10.1. The number of carbonyl (C=O) groups is 1. The number of nitrogens with zero attached hydrogens (tertiary/aromatic N) is 1. The SMILES string of the molecule is Cc1c(NC(=O)C(C)(O)COc2ccc(F)c(Cl)c2)cccc1[N+](=O)[O-]. The third-order valence-corrected chi connectivity index (χ3v) is 3.94. The molecule has 0 spiro atoms. The molecular formula is C17H16ClFN2O5. The van der Waals surface area contributed by atoms with Gasteiger partial charge in [-0.15, -0.1) is 0 Å². The summed E-state index contributed by atoms with van der Waals surface area (Å²) in [6.07, 6.45) is 0. The summed E-state index contributed by atoms with van der Waals surface area (Å²) in [5.74, 6) is -1.25. The van der Waals surface area contributed by atoms with Crippen LogP contribution in [0.1, 0.15) is 12.5 Å². The van der Waals surface area contributed by atoms with Crippen LogP contribution in [0.4, 0.5) is 15.8 Å². The highest BCUT2D eigenvalue weighted by molar-refractivity contribution is 6.30. The van der Waals surface area contributed by atoms with Crippen LogP contribution < -0.4 is 10.1 Å². The molecule has 2 rings (SSSR count). The fourth-order valence-electron chi connectivity index (χ4n) is 2.07. The van der Waals surface area contributed by atoms with Crippen molar-refractivity contribution in [2.45, 2.75) is 19.4 Å². The minimum atomic E-state index is -1.95. The van der Waals surface area contributed by atoms with Gasteiger partial charge in [-0.3, -0.25) is 14.9 Å². The van der Waals surface area contributed by atoms with Crippen LogP contribution in [0, 0.1) is 22.9 Å². The summed E-state index contributed by atoms with van der Waals surface area (Å²) >= 11 is 5.64. The number of anilines is 1. The Labute approximate surface area is 153 Å². The van der Waals surface area contributed by atoms with E-state index in [4.69, 9.17) is 16.3 Å². The van der Waals surface area contributed by atoms with E-state index >= 15 is 0 Å². The molecule has 0 saturated carbocycles. The first-order valence-corrected chi connectivity index (χ1v) is 7.85. The van der Waals surface area contributed by atoms with Gasteiger partial charge in [-0.25, -0.2) is 4.39 Å². The summed E-state index contributed by atoms with van der Waals surface area (Å²) in [5.41, 5.74) is -1.64. The molecule has 9 heteroatoms. The zero-order valence-corrected chi connectivity index (χ0v) is 14.7. The number of hydrogen-bond acceptors (Lipinski definition) is 5. The average Bonchev–Trinajstić information content (AvgIpc) is 2.57. The van der Waals surface area contributed by atoms with E-state index in [1.807, 2.05) is 0 Å². The van der Waals surface area contributed by atoms with Gasteiger partial charge in [0.25, 0.3) is 11.6 Å². The van der Waals surface area contributed by atoms with Crippen LogP contribution in [0.15, 0.2) is 36.4 Å². The van der Waals surface area contributed by atoms with E-state index in [2.05, 4.69) is 5.32 Å².